The minimum Gasteiger partial charge on any atom is -0.481 e. The summed E-state index contributed by atoms with van der Waals surface area (Å²) < 4.78 is 4.73. The van der Waals surface area contributed by atoms with Crippen molar-refractivity contribution in [2.75, 3.05) is 0 Å². The van der Waals surface area contributed by atoms with Crippen LogP contribution in [0.3, 0.4) is 0 Å². The van der Waals surface area contributed by atoms with Gasteiger partial charge in [0.25, 0.3) is 0 Å². The molecule has 0 radical (unpaired) electrons. The molecule has 0 amide bonds. The first-order valence-electron chi connectivity index (χ1n) is 17.2. The molecule has 0 aliphatic carbocycles. The van der Waals surface area contributed by atoms with Crippen molar-refractivity contribution in [1.82, 2.24) is 0 Å². The number of unbranched alkanes of at least 4 members (excludes halogenated alkanes) is 28. The maximum atomic E-state index is 11.2. The number of hydrogen-bond acceptors (Lipinski definition) is 3. The highest BCUT2D eigenvalue weighted by Gasteiger charge is 2.00. The van der Waals surface area contributed by atoms with Crippen molar-refractivity contribution in [3.8, 4) is 0 Å². The molecule has 0 atom stereocenters. The summed E-state index contributed by atoms with van der Waals surface area (Å²) in [5, 5.41) is 8.63. The van der Waals surface area contributed by atoms with Gasteiger partial charge < -0.3 is 9.84 Å². The summed E-state index contributed by atoms with van der Waals surface area (Å²) in [6.07, 6.45) is 40.7. The monoisotopic (exact) mass is 550 g/mol. The molecule has 230 valence electrons. The molecule has 4 nitrogen and oxygen atoms in total. The van der Waals surface area contributed by atoms with Gasteiger partial charge in [-0.1, -0.05) is 180 Å². The number of aliphatic carboxylic acids is 1. The Morgan fingerprint density at radius 3 is 0.821 bits per heavy atom. The molecule has 0 saturated carbocycles. The van der Waals surface area contributed by atoms with E-state index in [1.807, 2.05) is 0 Å². The second-order valence-corrected chi connectivity index (χ2v) is 11.8. The maximum absolute atomic E-state index is 11.2. The van der Waals surface area contributed by atoms with E-state index in [9.17, 15) is 9.59 Å². The first kappa shape index (κ1) is 37.7. The third-order valence-electron chi connectivity index (χ3n) is 7.99. The summed E-state index contributed by atoms with van der Waals surface area (Å²) in [7, 11) is 0. The molecule has 0 fully saturated rings. The third kappa shape index (κ3) is 34.7. The Labute approximate surface area is 243 Å². The number of ether oxygens (including phenoxy) is 1. The number of carbonyl (C=O) groups is 2. The third-order valence-corrected chi connectivity index (χ3v) is 7.99. The summed E-state index contributed by atoms with van der Waals surface area (Å²) in [5.74, 6) is -0.807. The van der Waals surface area contributed by atoms with Gasteiger partial charge in [0.15, 0.2) is 0 Å². The summed E-state index contributed by atoms with van der Waals surface area (Å²) in [6.45, 7) is 3.40. The van der Waals surface area contributed by atoms with Crippen LogP contribution in [-0.4, -0.2) is 17.0 Å². The normalized spacial score (nSPS) is 11.1. The number of hydrogen-bond donors (Lipinski definition) is 1. The quantitative estimate of drug-likeness (QED) is 0.0501. The van der Waals surface area contributed by atoms with E-state index in [4.69, 9.17) is 9.84 Å². The predicted molar refractivity (Wildman–Crippen MR) is 167 cm³/mol. The van der Waals surface area contributed by atoms with Crippen molar-refractivity contribution in [2.45, 2.75) is 199 Å². The van der Waals surface area contributed by atoms with Crippen molar-refractivity contribution in [3.63, 3.8) is 0 Å². The molecule has 4 heteroatoms. The largest absolute Gasteiger partial charge is 0.481 e. The second kappa shape index (κ2) is 32.9. The standard InChI is InChI=1S/C35H66O4/c1-2-39-35(38)33-31-29-27-25-23-21-19-17-15-13-11-9-7-5-3-4-6-8-10-12-14-16-18-20-22-24-26-28-30-32-34(36)37/h2H,1,3-33H2,(H,36,37). The van der Waals surface area contributed by atoms with E-state index < -0.39 is 5.97 Å². The first-order valence-corrected chi connectivity index (χ1v) is 17.2. The summed E-state index contributed by atoms with van der Waals surface area (Å²) in [4.78, 5) is 21.7. The van der Waals surface area contributed by atoms with Crippen LogP contribution < -0.4 is 0 Å². The molecule has 0 heterocycles. The van der Waals surface area contributed by atoms with E-state index in [0.717, 1.165) is 25.7 Å². The van der Waals surface area contributed by atoms with Gasteiger partial charge in [-0.2, -0.15) is 0 Å². The Morgan fingerprint density at radius 2 is 0.615 bits per heavy atom. The fraction of sp³-hybridized carbons (Fsp3) is 0.886. The number of esters is 1. The molecule has 0 unspecified atom stereocenters. The lowest BCUT2D eigenvalue weighted by atomic mass is 10.0. The van der Waals surface area contributed by atoms with Gasteiger partial charge in [0.2, 0.25) is 0 Å². The van der Waals surface area contributed by atoms with Crippen molar-refractivity contribution >= 4 is 11.9 Å². The fourth-order valence-corrected chi connectivity index (χ4v) is 5.47. The molecule has 0 aromatic carbocycles. The van der Waals surface area contributed by atoms with Crippen LogP contribution in [0, 0.1) is 0 Å². The number of carboxylic acids is 1. The van der Waals surface area contributed by atoms with Gasteiger partial charge >= 0.3 is 11.9 Å². The van der Waals surface area contributed by atoms with Gasteiger partial charge in [-0.3, -0.25) is 9.59 Å². The van der Waals surface area contributed by atoms with Crippen molar-refractivity contribution in [2.24, 2.45) is 0 Å². The smallest absolute Gasteiger partial charge is 0.310 e. The summed E-state index contributed by atoms with van der Waals surface area (Å²) in [5.41, 5.74) is 0. The molecule has 0 aliphatic heterocycles. The lowest BCUT2D eigenvalue weighted by molar-refractivity contribution is -0.138. The number of carbonyl (C=O) groups excluding carboxylic acids is 1. The second-order valence-electron chi connectivity index (χ2n) is 11.8. The van der Waals surface area contributed by atoms with Crippen LogP contribution in [0.15, 0.2) is 12.8 Å². The highest BCUT2D eigenvalue weighted by atomic mass is 16.5. The molecule has 0 aliphatic rings. The van der Waals surface area contributed by atoms with Gasteiger partial charge in [0.05, 0.1) is 6.26 Å². The minimum atomic E-state index is -0.655. The van der Waals surface area contributed by atoms with Crippen molar-refractivity contribution in [1.29, 1.82) is 0 Å². The molecule has 0 aromatic rings. The Morgan fingerprint density at radius 1 is 0.410 bits per heavy atom. The average Bonchev–Trinajstić information content (AvgIpc) is 2.91. The van der Waals surface area contributed by atoms with Crippen LogP contribution in [0.5, 0.6) is 0 Å². The number of rotatable bonds is 33. The molecule has 0 aromatic heterocycles. The van der Waals surface area contributed by atoms with Gasteiger partial charge in [-0.15, -0.1) is 0 Å². The highest BCUT2D eigenvalue weighted by molar-refractivity contribution is 5.69. The van der Waals surface area contributed by atoms with Crippen LogP contribution in [-0.2, 0) is 14.3 Å². The zero-order chi connectivity index (χ0) is 28.5. The fourth-order valence-electron chi connectivity index (χ4n) is 5.47. The minimum absolute atomic E-state index is 0.151. The van der Waals surface area contributed by atoms with Gasteiger partial charge in [0.1, 0.15) is 0 Å². The van der Waals surface area contributed by atoms with E-state index in [1.54, 1.807) is 0 Å². The van der Waals surface area contributed by atoms with E-state index in [1.165, 1.54) is 167 Å². The molecular formula is C35H66O4. The van der Waals surface area contributed by atoms with Crippen LogP contribution in [0.25, 0.3) is 0 Å². The summed E-state index contributed by atoms with van der Waals surface area (Å²) >= 11 is 0. The molecule has 1 N–H and O–H groups in total. The lowest BCUT2D eigenvalue weighted by Gasteiger charge is -2.04. The average molecular weight is 551 g/mol. The van der Waals surface area contributed by atoms with Crippen LogP contribution >= 0.6 is 0 Å². The van der Waals surface area contributed by atoms with Crippen molar-refractivity contribution < 1.29 is 19.4 Å². The van der Waals surface area contributed by atoms with Gasteiger partial charge in [-0.05, 0) is 12.8 Å². The Hall–Kier alpha value is -1.32. The lowest BCUT2D eigenvalue weighted by Crippen LogP contribution is -1.98. The Kier molecular flexibility index (Phi) is 31.8. The predicted octanol–water partition coefficient (Wildman–Crippen LogP) is 11.9. The van der Waals surface area contributed by atoms with E-state index in [2.05, 4.69) is 6.58 Å². The van der Waals surface area contributed by atoms with E-state index >= 15 is 0 Å². The topological polar surface area (TPSA) is 63.6 Å². The Balaban J connectivity index is 3.06. The molecule has 0 rings (SSSR count). The van der Waals surface area contributed by atoms with Gasteiger partial charge in [-0.25, -0.2) is 0 Å². The molecule has 0 spiro atoms. The van der Waals surface area contributed by atoms with Gasteiger partial charge in [0, 0.05) is 12.8 Å². The van der Waals surface area contributed by atoms with Crippen LogP contribution in [0.4, 0.5) is 0 Å². The SMILES string of the molecule is C=COC(=O)CCCCCCCCCCCCCCCCCCCCCCCCCCCCCCCC(=O)O. The number of carboxylic acid groups (broad SMARTS) is 1. The molecule has 39 heavy (non-hydrogen) atoms. The Bertz CT molecular complexity index is 531. The van der Waals surface area contributed by atoms with E-state index in [-0.39, 0.29) is 5.97 Å². The molecular weight excluding hydrogens is 484 g/mol. The van der Waals surface area contributed by atoms with Crippen molar-refractivity contribution in [3.05, 3.63) is 12.8 Å². The molecule has 0 saturated heterocycles. The zero-order valence-electron chi connectivity index (χ0n) is 25.9. The van der Waals surface area contributed by atoms with E-state index in [0.29, 0.717) is 12.8 Å². The first-order chi connectivity index (χ1) is 19.2. The maximum Gasteiger partial charge on any atom is 0.310 e. The molecule has 0 bridgehead atoms. The summed E-state index contributed by atoms with van der Waals surface area (Å²) in [6, 6.07) is 0. The highest BCUT2D eigenvalue weighted by Crippen LogP contribution is 2.16. The zero-order valence-corrected chi connectivity index (χ0v) is 25.9. The van der Waals surface area contributed by atoms with Crippen LogP contribution in [0.1, 0.15) is 199 Å². The van der Waals surface area contributed by atoms with Crippen LogP contribution in [0.2, 0.25) is 0 Å².